The number of aryl methyl sites for hydroxylation is 1. The quantitative estimate of drug-likeness (QED) is 0.273. The van der Waals surface area contributed by atoms with Gasteiger partial charge in [0.25, 0.3) is 0 Å². The van der Waals surface area contributed by atoms with E-state index in [0.29, 0.717) is 29.9 Å². The lowest BCUT2D eigenvalue weighted by Gasteiger charge is -2.57. The molecular formula is C36H52N2O3. The van der Waals surface area contributed by atoms with E-state index in [1.54, 1.807) is 6.07 Å². The topological polar surface area (TPSA) is 53.0 Å². The second kappa shape index (κ2) is 13.7. The maximum absolute atomic E-state index is 13.9. The van der Waals surface area contributed by atoms with E-state index < -0.39 is 0 Å². The third-order valence-electron chi connectivity index (χ3n) is 10.1. The van der Waals surface area contributed by atoms with Crippen molar-refractivity contribution in [2.24, 2.45) is 17.8 Å². The first-order chi connectivity index (χ1) is 19.9. The molecule has 5 rings (SSSR count). The van der Waals surface area contributed by atoms with Gasteiger partial charge in [0, 0.05) is 50.5 Å². The molecule has 2 aliphatic carbocycles. The van der Waals surface area contributed by atoms with Crippen LogP contribution in [0.25, 0.3) is 0 Å². The Morgan fingerprint density at radius 1 is 1.10 bits per heavy atom. The number of unbranched alkanes of at least 4 members (excludes halogenated alkanes) is 2. The summed E-state index contributed by atoms with van der Waals surface area (Å²) in [7, 11) is 1.86. The third-order valence-corrected chi connectivity index (χ3v) is 10.1. The summed E-state index contributed by atoms with van der Waals surface area (Å²) in [6.45, 7) is 8.55. The molecule has 2 aromatic carbocycles. The SMILES string of the molecule is COC1C[C@@H](N(CC(C)C)C(=O)CCCCCc2ccccc2)C[C@]2(c3cccc(O)c3)CCN(CC3CC3)C[C@@H]12. The number of carbonyl (C=O) groups excluding carboxylic acids is 1. The first-order valence-electron chi connectivity index (χ1n) is 16.3. The van der Waals surface area contributed by atoms with Gasteiger partial charge in [-0.05, 0) is 93.0 Å². The van der Waals surface area contributed by atoms with Crippen LogP contribution in [0.1, 0.15) is 82.8 Å². The minimum Gasteiger partial charge on any atom is -0.508 e. The van der Waals surface area contributed by atoms with Crippen molar-refractivity contribution in [3.63, 3.8) is 0 Å². The van der Waals surface area contributed by atoms with Crippen molar-refractivity contribution >= 4 is 5.91 Å². The smallest absolute Gasteiger partial charge is 0.222 e. The molecule has 3 aliphatic rings. The molecule has 1 amide bonds. The van der Waals surface area contributed by atoms with Gasteiger partial charge in [-0.2, -0.15) is 0 Å². The largest absolute Gasteiger partial charge is 0.508 e. The van der Waals surface area contributed by atoms with Gasteiger partial charge in [0.05, 0.1) is 6.10 Å². The number of phenolic OH excluding ortho intramolecular Hbond substituents is 1. The summed E-state index contributed by atoms with van der Waals surface area (Å²) in [6, 6.07) is 18.8. The van der Waals surface area contributed by atoms with E-state index >= 15 is 0 Å². The molecule has 1 saturated heterocycles. The van der Waals surface area contributed by atoms with Crippen LogP contribution in [0, 0.1) is 17.8 Å². The van der Waals surface area contributed by atoms with Gasteiger partial charge >= 0.3 is 0 Å². The van der Waals surface area contributed by atoms with Crippen molar-refractivity contribution in [2.45, 2.75) is 95.6 Å². The van der Waals surface area contributed by atoms with Crippen molar-refractivity contribution in [1.82, 2.24) is 9.80 Å². The zero-order valence-electron chi connectivity index (χ0n) is 25.6. The number of piperidine rings is 1. The molecule has 5 nitrogen and oxygen atoms in total. The molecule has 1 heterocycles. The molecule has 1 N–H and O–H groups in total. The van der Waals surface area contributed by atoms with Crippen LogP contribution in [0.4, 0.5) is 0 Å². The number of phenols is 1. The van der Waals surface area contributed by atoms with Crippen LogP contribution < -0.4 is 0 Å². The standard InChI is InChI=1S/C36H52N2O3/c1-27(2)24-38(35(40)16-9-5-8-13-28-11-6-4-7-12-28)31-22-34(41-3)33-26-37(25-29-17-18-29)20-19-36(33,23-31)30-14-10-15-32(39)21-30/h4,6-7,10-12,14-15,21,27,29,31,33-34,39H,5,8-9,13,16-20,22-26H2,1-3H3/t31-,33+,34?,36+/m1/s1. The molecule has 5 heteroatoms. The summed E-state index contributed by atoms with van der Waals surface area (Å²) < 4.78 is 6.30. The number of nitrogens with zero attached hydrogens (tertiary/aromatic N) is 2. The van der Waals surface area contributed by atoms with Gasteiger partial charge in [0.2, 0.25) is 5.91 Å². The van der Waals surface area contributed by atoms with Crippen molar-refractivity contribution in [1.29, 1.82) is 0 Å². The summed E-state index contributed by atoms with van der Waals surface area (Å²) in [5, 5.41) is 10.5. The highest BCUT2D eigenvalue weighted by Crippen LogP contribution is 2.52. The van der Waals surface area contributed by atoms with Gasteiger partial charge in [0.1, 0.15) is 5.75 Å². The number of fused-ring (bicyclic) bond motifs is 1. The molecule has 4 atom stereocenters. The fourth-order valence-corrected chi connectivity index (χ4v) is 7.79. The zero-order valence-corrected chi connectivity index (χ0v) is 25.6. The number of carbonyl (C=O) groups is 1. The van der Waals surface area contributed by atoms with Crippen LogP contribution in [-0.4, -0.2) is 66.2 Å². The van der Waals surface area contributed by atoms with Crippen LogP contribution in [0.3, 0.4) is 0 Å². The molecule has 2 saturated carbocycles. The van der Waals surface area contributed by atoms with Crippen LogP contribution in [0.5, 0.6) is 5.75 Å². The Kier molecular flexibility index (Phi) is 10.1. The number of benzene rings is 2. The fourth-order valence-electron chi connectivity index (χ4n) is 7.79. The lowest BCUT2D eigenvalue weighted by atomic mass is 9.56. The van der Waals surface area contributed by atoms with Gasteiger partial charge in [-0.25, -0.2) is 0 Å². The van der Waals surface area contributed by atoms with Crippen LogP contribution in [-0.2, 0) is 21.4 Å². The molecule has 0 bridgehead atoms. The summed E-state index contributed by atoms with van der Waals surface area (Å²) in [5.74, 6) is 2.26. The number of methoxy groups -OCH3 is 1. The molecule has 3 fully saturated rings. The molecule has 224 valence electrons. The minimum atomic E-state index is -0.104. The summed E-state index contributed by atoms with van der Waals surface area (Å²) in [4.78, 5) is 18.8. The highest BCUT2D eigenvalue weighted by Gasteiger charge is 2.54. The predicted octanol–water partition coefficient (Wildman–Crippen LogP) is 6.83. The van der Waals surface area contributed by atoms with Gasteiger partial charge in [-0.1, -0.05) is 62.7 Å². The summed E-state index contributed by atoms with van der Waals surface area (Å²) >= 11 is 0. The summed E-state index contributed by atoms with van der Waals surface area (Å²) in [6.07, 6.45) is 10.6. The van der Waals surface area contributed by atoms with Crippen molar-refractivity contribution < 1.29 is 14.6 Å². The lowest BCUT2D eigenvalue weighted by Crippen LogP contribution is -2.62. The Morgan fingerprint density at radius 2 is 1.90 bits per heavy atom. The number of aromatic hydroxyl groups is 1. The van der Waals surface area contributed by atoms with Crippen LogP contribution >= 0.6 is 0 Å². The zero-order chi connectivity index (χ0) is 28.8. The van der Waals surface area contributed by atoms with Crippen molar-refractivity contribution in [3.8, 4) is 5.75 Å². The van der Waals surface area contributed by atoms with E-state index in [2.05, 4.69) is 60.0 Å². The molecular weight excluding hydrogens is 508 g/mol. The summed E-state index contributed by atoms with van der Waals surface area (Å²) in [5.41, 5.74) is 2.49. The number of rotatable bonds is 13. The molecule has 1 unspecified atom stereocenters. The van der Waals surface area contributed by atoms with E-state index in [9.17, 15) is 9.90 Å². The van der Waals surface area contributed by atoms with Crippen LogP contribution in [0.15, 0.2) is 54.6 Å². The molecule has 0 aromatic heterocycles. The predicted molar refractivity (Wildman–Crippen MR) is 166 cm³/mol. The molecule has 0 spiro atoms. The van der Waals surface area contributed by atoms with E-state index in [1.807, 2.05) is 19.2 Å². The Balaban J connectivity index is 1.32. The first-order valence-corrected chi connectivity index (χ1v) is 16.3. The Bertz CT molecular complexity index is 1120. The average molecular weight is 561 g/mol. The first kappa shape index (κ1) is 30.1. The van der Waals surface area contributed by atoms with Crippen molar-refractivity contribution in [2.75, 3.05) is 33.3 Å². The second-order valence-corrected chi connectivity index (χ2v) is 13.6. The van der Waals surface area contributed by atoms with Gasteiger partial charge in [-0.3, -0.25) is 4.79 Å². The molecule has 41 heavy (non-hydrogen) atoms. The Hall–Kier alpha value is -2.37. The number of hydrogen-bond donors (Lipinski definition) is 1. The van der Waals surface area contributed by atoms with Crippen molar-refractivity contribution in [3.05, 3.63) is 65.7 Å². The van der Waals surface area contributed by atoms with Gasteiger partial charge < -0.3 is 19.6 Å². The Labute approximate surface area is 248 Å². The number of likely N-dealkylation sites (tertiary alicyclic amines) is 1. The van der Waals surface area contributed by atoms with E-state index in [-0.39, 0.29) is 17.6 Å². The lowest BCUT2D eigenvalue weighted by molar-refractivity contribution is -0.141. The highest BCUT2D eigenvalue weighted by atomic mass is 16.5. The maximum atomic E-state index is 13.9. The van der Waals surface area contributed by atoms with E-state index in [1.165, 1.54) is 30.5 Å². The molecule has 2 aromatic rings. The molecule has 0 radical (unpaired) electrons. The molecule has 1 aliphatic heterocycles. The number of amides is 1. The number of ether oxygens (including phenoxy) is 1. The van der Waals surface area contributed by atoms with Gasteiger partial charge in [-0.15, -0.1) is 0 Å². The monoisotopic (exact) mass is 560 g/mol. The van der Waals surface area contributed by atoms with Gasteiger partial charge in [0.15, 0.2) is 0 Å². The Morgan fingerprint density at radius 3 is 2.61 bits per heavy atom. The highest BCUT2D eigenvalue weighted by molar-refractivity contribution is 5.76. The average Bonchev–Trinajstić information content (AvgIpc) is 3.79. The number of hydrogen-bond acceptors (Lipinski definition) is 4. The van der Waals surface area contributed by atoms with E-state index in [4.69, 9.17) is 4.74 Å². The van der Waals surface area contributed by atoms with Crippen LogP contribution in [0.2, 0.25) is 0 Å². The van der Waals surface area contributed by atoms with E-state index in [0.717, 1.165) is 70.5 Å². The maximum Gasteiger partial charge on any atom is 0.222 e. The second-order valence-electron chi connectivity index (χ2n) is 13.6. The fraction of sp³-hybridized carbons (Fsp3) is 0.639. The third kappa shape index (κ3) is 7.53. The minimum absolute atomic E-state index is 0.0893. The normalized spacial score (nSPS) is 26.6.